The molecule has 1 amide bonds. The number of anilines is 2. The van der Waals surface area contributed by atoms with E-state index < -0.39 is 0 Å². The molecule has 0 radical (unpaired) electrons. The summed E-state index contributed by atoms with van der Waals surface area (Å²) in [5.74, 6) is 0.680. The Morgan fingerprint density at radius 1 is 0.824 bits per heavy atom. The molecule has 0 bridgehead atoms. The van der Waals surface area contributed by atoms with Crippen LogP contribution in [0.25, 0.3) is 10.8 Å². The first-order chi connectivity index (χ1) is 16.6. The fourth-order valence-corrected chi connectivity index (χ4v) is 4.71. The molecule has 1 aromatic heterocycles. The molecule has 0 spiro atoms. The van der Waals surface area contributed by atoms with Crippen LogP contribution in [0.4, 0.5) is 11.5 Å². The molecule has 1 aliphatic heterocycles. The highest BCUT2D eigenvalue weighted by atomic mass is 35.5. The third-order valence-corrected chi connectivity index (χ3v) is 6.57. The van der Waals surface area contributed by atoms with E-state index in [0.717, 1.165) is 59.0 Å². The van der Waals surface area contributed by atoms with Gasteiger partial charge in [0.05, 0.1) is 10.7 Å². The maximum absolute atomic E-state index is 13.3. The molecule has 6 nitrogen and oxygen atoms in total. The minimum Gasteiger partial charge on any atom is -0.367 e. The molecule has 0 aliphatic carbocycles. The zero-order valence-corrected chi connectivity index (χ0v) is 19.8. The Kier molecular flexibility index (Phi) is 6.32. The van der Waals surface area contributed by atoms with Gasteiger partial charge in [-0.2, -0.15) is 0 Å². The Morgan fingerprint density at radius 2 is 1.44 bits per heavy atom. The number of halogens is 1. The number of carbonyl (C=O) groups excluding carboxylic acids is 1. The summed E-state index contributed by atoms with van der Waals surface area (Å²) in [5.41, 5.74) is 2.51. The number of fused-ring (bicyclic) bond motifs is 1. The van der Waals surface area contributed by atoms with Crippen LogP contribution < -0.4 is 9.80 Å². The number of hydrogen-bond donors (Lipinski definition) is 0. The van der Waals surface area contributed by atoms with Gasteiger partial charge in [-0.1, -0.05) is 78.3 Å². The lowest BCUT2D eigenvalue weighted by Crippen LogP contribution is -2.47. The van der Waals surface area contributed by atoms with Crippen molar-refractivity contribution >= 4 is 39.8 Å². The van der Waals surface area contributed by atoms with Gasteiger partial charge in [-0.3, -0.25) is 4.79 Å². The standard InChI is InChI=1S/C27H26ClN5O/c1-31(19-20-9-3-2-4-10-20)27(34)25-21-11-5-6-12-22(21)26(30-29-25)33-17-15-32(16-18-33)24-14-8-7-13-23(24)28/h2-14H,15-19H2,1H3. The fraction of sp³-hybridized carbons (Fsp3) is 0.222. The van der Waals surface area contributed by atoms with Gasteiger partial charge in [0, 0.05) is 50.5 Å². The maximum atomic E-state index is 13.3. The molecule has 34 heavy (non-hydrogen) atoms. The molecule has 1 saturated heterocycles. The van der Waals surface area contributed by atoms with Crippen LogP contribution in [0.15, 0.2) is 78.9 Å². The Bertz CT molecular complexity index is 1300. The second kappa shape index (κ2) is 9.69. The number of rotatable bonds is 5. The molecule has 3 aromatic carbocycles. The van der Waals surface area contributed by atoms with Crippen LogP contribution in [0.3, 0.4) is 0 Å². The van der Waals surface area contributed by atoms with Crippen molar-refractivity contribution in [2.75, 3.05) is 43.0 Å². The van der Waals surface area contributed by atoms with E-state index in [-0.39, 0.29) is 5.91 Å². The predicted octanol–water partition coefficient (Wildman–Crippen LogP) is 4.88. The highest BCUT2D eigenvalue weighted by molar-refractivity contribution is 6.33. The number of para-hydroxylation sites is 1. The summed E-state index contributed by atoms with van der Waals surface area (Å²) in [5, 5.41) is 11.5. The van der Waals surface area contributed by atoms with Crippen molar-refractivity contribution in [2.45, 2.75) is 6.54 Å². The lowest BCUT2D eigenvalue weighted by molar-refractivity contribution is 0.0780. The van der Waals surface area contributed by atoms with Gasteiger partial charge in [-0.05, 0) is 17.7 Å². The quantitative estimate of drug-likeness (QED) is 0.415. The average molecular weight is 472 g/mol. The van der Waals surface area contributed by atoms with Crippen molar-refractivity contribution in [3.05, 3.63) is 95.1 Å². The summed E-state index contributed by atoms with van der Waals surface area (Å²) >= 11 is 6.40. The van der Waals surface area contributed by atoms with E-state index in [9.17, 15) is 4.79 Å². The molecular weight excluding hydrogens is 446 g/mol. The first-order valence-corrected chi connectivity index (χ1v) is 11.8. The number of nitrogens with zero attached hydrogens (tertiary/aromatic N) is 5. The van der Waals surface area contributed by atoms with Gasteiger partial charge in [0.15, 0.2) is 11.5 Å². The van der Waals surface area contributed by atoms with E-state index in [4.69, 9.17) is 11.6 Å². The van der Waals surface area contributed by atoms with Gasteiger partial charge in [0.1, 0.15) is 0 Å². The first-order valence-electron chi connectivity index (χ1n) is 11.4. The zero-order chi connectivity index (χ0) is 23.5. The Morgan fingerprint density at radius 3 is 2.18 bits per heavy atom. The summed E-state index contributed by atoms with van der Waals surface area (Å²) in [6.45, 7) is 3.78. The highest BCUT2D eigenvalue weighted by Crippen LogP contribution is 2.30. The molecule has 0 saturated carbocycles. The van der Waals surface area contributed by atoms with E-state index in [1.54, 1.807) is 11.9 Å². The monoisotopic (exact) mass is 471 g/mol. The molecule has 0 unspecified atom stereocenters. The summed E-state index contributed by atoms with van der Waals surface area (Å²) in [4.78, 5) is 19.5. The van der Waals surface area contributed by atoms with E-state index in [2.05, 4.69) is 26.1 Å². The third kappa shape index (κ3) is 4.41. The van der Waals surface area contributed by atoms with Crippen LogP contribution in [0.5, 0.6) is 0 Å². The van der Waals surface area contributed by atoms with Crippen molar-refractivity contribution in [3.8, 4) is 0 Å². The number of amides is 1. The third-order valence-electron chi connectivity index (χ3n) is 6.25. The molecule has 1 aliphatic rings. The van der Waals surface area contributed by atoms with E-state index >= 15 is 0 Å². The number of piperazine rings is 1. The van der Waals surface area contributed by atoms with Crippen LogP contribution in [-0.2, 0) is 6.54 Å². The normalized spacial score (nSPS) is 13.8. The lowest BCUT2D eigenvalue weighted by atomic mass is 10.1. The summed E-state index contributed by atoms with van der Waals surface area (Å²) in [6, 6.07) is 25.8. The minimum atomic E-state index is -0.136. The average Bonchev–Trinajstić information content (AvgIpc) is 2.89. The van der Waals surface area contributed by atoms with Gasteiger partial charge in [-0.15, -0.1) is 10.2 Å². The fourth-order valence-electron chi connectivity index (χ4n) is 4.46. The zero-order valence-electron chi connectivity index (χ0n) is 19.1. The second-order valence-corrected chi connectivity index (χ2v) is 8.90. The molecule has 4 aromatic rings. The van der Waals surface area contributed by atoms with Crippen LogP contribution in [0, 0.1) is 0 Å². The van der Waals surface area contributed by atoms with Gasteiger partial charge in [-0.25, -0.2) is 0 Å². The molecule has 7 heteroatoms. The second-order valence-electron chi connectivity index (χ2n) is 8.49. The smallest absolute Gasteiger partial charge is 0.275 e. The number of carbonyl (C=O) groups is 1. The van der Waals surface area contributed by atoms with Crippen molar-refractivity contribution in [2.24, 2.45) is 0 Å². The van der Waals surface area contributed by atoms with Crippen LogP contribution in [0.2, 0.25) is 5.02 Å². The predicted molar refractivity (Wildman–Crippen MR) is 138 cm³/mol. The van der Waals surface area contributed by atoms with Crippen molar-refractivity contribution < 1.29 is 4.79 Å². The number of hydrogen-bond acceptors (Lipinski definition) is 5. The Balaban J connectivity index is 1.38. The van der Waals surface area contributed by atoms with E-state index in [0.29, 0.717) is 12.2 Å². The van der Waals surface area contributed by atoms with Crippen LogP contribution in [0.1, 0.15) is 16.1 Å². The highest BCUT2D eigenvalue weighted by Gasteiger charge is 2.24. The van der Waals surface area contributed by atoms with Gasteiger partial charge in [0.25, 0.3) is 5.91 Å². The van der Waals surface area contributed by atoms with Crippen molar-refractivity contribution in [1.29, 1.82) is 0 Å². The summed E-state index contributed by atoms with van der Waals surface area (Å²) < 4.78 is 0. The molecule has 172 valence electrons. The molecule has 1 fully saturated rings. The largest absolute Gasteiger partial charge is 0.367 e. The van der Waals surface area contributed by atoms with E-state index in [1.165, 1.54) is 0 Å². The Labute approximate surface area is 204 Å². The van der Waals surface area contributed by atoms with Crippen molar-refractivity contribution in [3.63, 3.8) is 0 Å². The molecular formula is C27H26ClN5O. The minimum absolute atomic E-state index is 0.136. The number of benzene rings is 3. The van der Waals surface area contributed by atoms with Crippen molar-refractivity contribution in [1.82, 2.24) is 15.1 Å². The molecule has 5 rings (SSSR count). The van der Waals surface area contributed by atoms with Gasteiger partial charge >= 0.3 is 0 Å². The molecule has 0 N–H and O–H groups in total. The van der Waals surface area contributed by atoms with Crippen LogP contribution >= 0.6 is 11.6 Å². The molecule has 0 atom stereocenters. The lowest BCUT2D eigenvalue weighted by Gasteiger charge is -2.37. The Hall–Kier alpha value is -3.64. The van der Waals surface area contributed by atoms with E-state index in [1.807, 2.05) is 72.8 Å². The maximum Gasteiger partial charge on any atom is 0.275 e. The molecule has 2 heterocycles. The summed E-state index contributed by atoms with van der Waals surface area (Å²) in [7, 11) is 1.80. The first kappa shape index (κ1) is 22.2. The SMILES string of the molecule is CN(Cc1ccccc1)C(=O)c1nnc(N2CCN(c3ccccc3Cl)CC2)c2ccccc12. The number of aromatic nitrogens is 2. The van der Waals surface area contributed by atoms with Gasteiger partial charge < -0.3 is 14.7 Å². The topological polar surface area (TPSA) is 52.6 Å². The van der Waals surface area contributed by atoms with Gasteiger partial charge in [0.2, 0.25) is 0 Å². The van der Waals surface area contributed by atoms with Crippen LogP contribution in [-0.4, -0.2) is 54.2 Å². The summed E-state index contributed by atoms with van der Waals surface area (Å²) in [6.07, 6.45) is 0.